The Labute approximate surface area is 87.6 Å². The molecular formula is C9H12ClN3O. The number of rotatable bonds is 3. The highest BCUT2D eigenvalue weighted by atomic mass is 35.5. The van der Waals surface area contributed by atoms with Crippen molar-refractivity contribution in [3.63, 3.8) is 0 Å². The van der Waals surface area contributed by atoms with E-state index in [1.165, 1.54) is 0 Å². The summed E-state index contributed by atoms with van der Waals surface area (Å²) in [4.78, 5) is 0. The van der Waals surface area contributed by atoms with Crippen LogP contribution in [0.5, 0.6) is 0 Å². The summed E-state index contributed by atoms with van der Waals surface area (Å²) < 4.78 is 5.47. The zero-order chi connectivity index (χ0) is 9.80. The lowest BCUT2D eigenvalue weighted by Crippen LogP contribution is -2.18. The fraction of sp³-hybridized carbons (Fsp3) is 0.556. The van der Waals surface area contributed by atoms with Crippen molar-refractivity contribution in [2.24, 2.45) is 0 Å². The predicted molar refractivity (Wildman–Crippen MR) is 54.5 cm³/mol. The maximum atomic E-state index is 5.70. The van der Waals surface area contributed by atoms with E-state index in [4.69, 9.17) is 16.3 Å². The number of ether oxygens (including phenoxy) is 1. The maximum Gasteiger partial charge on any atom is 0.153 e. The van der Waals surface area contributed by atoms with Crippen molar-refractivity contribution >= 4 is 17.3 Å². The fourth-order valence-electron chi connectivity index (χ4n) is 1.47. The van der Waals surface area contributed by atoms with Gasteiger partial charge in [0, 0.05) is 19.2 Å². The minimum atomic E-state index is 0.321. The second-order valence-electron chi connectivity index (χ2n) is 3.28. The van der Waals surface area contributed by atoms with Gasteiger partial charge in [0.15, 0.2) is 5.15 Å². The van der Waals surface area contributed by atoms with Gasteiger partial charge in [0.2, 0.25) is 0 Å². The molecule has 1 aliphatic heterocycles. The number of anilines is 1. The van der Waals surface area contributed by atoms with Crippen LogP contribution in [0, 0.1) is 0 Å². The summed E-state index contributed by atoms with van der Waals surface area (Å²) in [6, 6.07) is 1.75. The highest BCUT2D eigenvalue weighted by Crippen LogP contribution is 2.14. The normalized spacial score (nSPS) is 21.1. The average Bonchev–Trinajstić information content (AvgIpc) is 2.67. The first-order valence-corrected chi connectivity index (χ1v) is 5.06. The Hall–Kier alpha value is -0.870. The highest BCUT2D eigenvalue weighted by molar-refractivity contribution is 6.29. The third-order valence-corrected chi connectivity index (χ3v) is 2.37. The summed E-state index contributed by atoms with van der Waals surface area (Å²) in [5.74, 6) is 0. The van der Waals surface area contributed by atoms with E-state index in [1.807, 2.05) is 0 Å². The Morgan fingerprint density at radius 1 is 1.64 bits per heavy atom. The van der Waals surface area contributed by atoms with Crippen molar-refractivity contribution < 1.29 is 4.74 Å². The van der Waals surface area contributed by atoms with Gasteiger partial charge in [-0.15, -0.1) is 5.10 Å². The minimum Gasteiger partial charge on any atom is -0.381 e. The molecule has 1 unspecified atom stereocenters. The van der Waals surface area contributed by atoms with Crippen LogP contribution in [-0.4, -0.2) is 29.5 Å². The Bertz CT molecular complexity index is 302. The lowest BCUT2D eigenvalue weighted by Gasteiger charge is -2.11. The molecule has 0 radical (unpaired) electrons. The Balaban J connectivity index is 1.85. The van der Waals surface area contributed by atoms with E-state index in [1.54, 1.807) is 12.3 Å². The predicted octanol–water partition coefficient (Wildman–Crippen LogP) is 1.72. The number of hydrogen-bond donors (Lipinski definition) is 1. The van der Waals surface area contributed by atoms with Crippen LogP contribution in [0.4, 0.5) is 5.69 Å². The number of nitrogens with zero attached hydrogens (tertiary/aromatic N) is 2. The van der Waals surface area contributed by atoms with E-state index in [9.17, 15) is 0 Å². The molecular weight excluding hydrogens is 202 g/mol. The first-order chi connectivity index (χ1) is 6.84. The standard InChI is InChI=1S/C9H12ClN3O/c10-9-4-7(5-12-13-9)11-6-8-2-1-3-14-8/h4-5,8H,1-3,6H2,(H,11,13). The lowest BCUT2D eigenvalue weighted by molar-refractivity contribution is 0.120. The molecule has 4 nitrogen and oxygen atoms in total. The molecule has 0 bridgehead atoms. The van der Waals surface area contributed by atoms with Crippen LogP contribution >= 0.6 is 11.6 Å². The molecule has 1 aliphatic rings. The van der Waals surface area contributed by atoms with Gasteiger partial charge < -0.3 is 10.1 Å². The van der Waals surface area contributed by atoms with E-state index in [-0.39, 0.29) is 0 Å². The van der Waals surface area contributed by atoms with Crippen LogP contribution in [0.15, 0.2) is 12.3 Å². The number of hydrogen-bond acceptors (Lipinski definition) is 4. The third-order valence-electron chi connectivity index (χ3n) is 2.18. The lowest BCUT2D eigenvalue weighted by atomic mass is 10.2. The first kappa shape index (κ1) is 9.68. The van der Waals surface area contributed by atoms with E-state index in [2.05, 4.69) is 15.5 Å². The molecule has 0 amide bonds. The van der Waals surface area contributed by atoms with Gasteiger partial charge in [-0.05, 0) is 12.8 Å². The summed E-state index contributed by atoms with van der Waals surface area (Å²) in [7, 11) is 0. The molecule has 0 saturated carbocycles. The zero-order valence-corrected chi connectivity index (χ0v) is 8.50. The fourth-order valence-corrected chi connectivity index (χ4v) is 1.64. The molecule has 1 N–H and O–H groups in total. The summed E-state index contributed by atoms with van der Waals surface area (Å²) >= 11 is 5.70. The maximum absolute atomic E-state index is 5.70. The van der Waals surface area contributed by atoms with Gasteiger partial charge in [0.25, 0.3) is 0 Å². The SMILES string of the molecule is Clc1cc(NCC2CCCO2)cnn1. The average molecular weight is 214 g/mol. The van der Waals surface area contributed by atoms with Crippen LogP contribution in [-0.2, 0) is 4.74 Å². The van der Waals surface area contributed by atoms with Gasteiger partial charge >= 0.3 is 0 Å². The first-order valence-electron chi connectivity index (χ1n) is 4.68. The van der Waals surface area contributed by atoms with Crippen molar-refractivity contribution in [2.75, 3.05) is 18.5 Å². The molecule has 14 heavy (non-hydrogen) atoms. The molecule has 1 aromatic heterocycles. The van der Waals surface area contributed by atoms with Crippen molar-refractivity contribution in [3.8, 4) is 0 Å². The molecule has 2 heterocycles. The van der Waals surface area contributed by atoms with Crippen molar-refractivity contribution in [1.82, 2.24) is 10.2 Å². The van der Waals surface area contributed by atoms with Crippen LogP contribution in [0.1, 0.15) is 12.8 Å². The van der Waals surface area contributed by atoms with Crippen molar-refractivity contribution in [1.29, 1.82) is 0 Å². The summed E-state index contributed by atoms with van der Waals surface area (Å²) in [6.45, 7) is 1.68. The molecule has 1 saturated heterocycles. The number of aromatic nitrogens is 2. The monoisotopic (exact) mass is 213 g/mol. The van der Waals surface area contributed by atoms with Gasteiger partial charge in [-0.2, -0.15) is 5.10 Å². The molecule has 0 aliphatic carbocycles. The zero-order valence-electron chi connectivity index (χ0n) is 7.74. The topological polar surface area (TPSA) is 47.0 Å². The molecule has 76 valence electrons. The summed E-state index contributed by atoms with van der Waals surface area (Å²) in [6.07, 6.45) is 4.25. The summed E-state index contributed by atoms with van der Waals surface area (Å²) in [5.41, 5.74) is 0.889. The van der Waals surface area contributed by atoms with Crippen LogP contribution in [0.25, 0.3) is 0 Å². The molecule has 1 atom stereocenters. The molecule has 2 rings (SSSR count). The Kier molecular flexibility index (Phi) is 3.16. The largest absolute Gasteiger partial charge is 0.381 e. The summed E-state index contributed by atoms with van der Waals surface area (Å²) in [5, 5.41) is 11.0. The van der Waals surface area contributed by atoms with E-state index < -0.39 is 0 Å². The Morgan fingerprint density at radius 3 is 3.29 bits per heavy atom. The van der Waals surface area contributed by atoms with Gasteiger partial charge in [-0.3, -0.25) is 0 Å². The van der Waals surface area contributed by atoms with Crippen molar-refractivity contribution in [3.05, 3.63) is 17.4 Å². The van der Waals surface area contributed by atoms with E-state index in [0.717, 1.165) is 31.7 Å². The van der Waals surface area contributed by atoms with Gasteiger partial charge in [0.1, 0.15) is 0 Å². The van der Waals surface area contributed by atoms with Crippen molar-refractivity contribution in [2.45, 2.75) is 18.9 Å². The van der Waals surface area contributed by atoms with Crippen LogP contribution < -0.4 is 5.32 Å². The molecule has 5 heteroatoms. The van der Waals surface area contributed by atoms with Crippen LogP contribution in [0.3, 0.4) is 0 Å². The number of halogens is 1. The van der Waals surface area contributed by atoms with E-state index in [0.29, 0.717) is 11.3 Å². The van der Waals surface area contributed by atoms with Crippen LogP contribution in [0.2, 0.25) is 5.15 Å². The Morgan fingerprint density at radius 2 is 2.57 bits per heavy atom. The molecule has 0 spiro atoms. The molecule has 0 aromatic carbocycles. The third kappa shape index (κ3) is 2.56. The second kappa shape index (κ2) is 4.57. The number of nitrogens with one attached hydrogen (secondary N) is 1. The minimum absolute atomic E-state index is 0.321. The van der Waals surface area contributed by atoms with E-state index >= 15 is 0 Å². The van der Waals surface area contributed by atoms with Gasteiger partial charge in [0.05, 0.1) is 18.0 Å². The smallest absolute Gasteiger partial charge is 0.153 e. The quantitative estimate of drug-likeness (QED) is 0.831. The molecule has 1 aromatic rings. The second-order valence-corrected chi connectivity index (χ2v) is 3.67. The van der Waals surface area contributed by atoms with Gasteiger partial charge in [-0.25, -0.2) is 0 Å². The van der Waals surface area contributed by atoms with Gasteiger partial charge in [-0.1, -0.05) is 11.6 Å². The highest BCUT2D eigenvalue weighted by Gasteiger charge is 2.14. The molecule has 1 fully saturated rings.